The third-order valence-electron chi connectivity index (χ3n) is 13.2. The zero-order chi connectivity index (χ0) is 45.0. The van der Waals surface area contributed by atoms with Crippen molar-refractivity contribution < 1.29 is 0 Å². The van der Waals surface area contributed by atoms with E-state index in [1.54, 1.807) is 0 Å². The maximum atomic E-state index is 5.00. The summed E-state index contributed by atoms with van der Waals surface area (Å²) in [6, 6.07) is 88.5. The molecule has 0 aliphatic rings. The van der Waals surface area contributed by atoms with Gasteiger partial charge in [-0.25, -0.2) is 15.0 Å². The molecule has 3 aromatic heterocycles. The van der Waals surface area contributed by atoms with Gasteiger partial charge in [0.05, 0.1) is 22.1 Å². The van der Waals surface area contributed by atoms with Gasteiger partial charge < -0.3 is 9.13 Å². The van der Waals surface area contributed by atoms with Crippen LogP contribution in [0.3, 0.4) is 0 Å². The molecule has 68 heavy (non-hydrogen) atoms. The first-order chi connectivity index (χ1) is 33.7. The molecule has 0 radical (unpaired) electrons. The molecule has 5 heteroatoms. The smallest absolute Gasteiger partial charge is 0.164 e. The topological polar surface area (TPSA) is 48.5 Å². The van der Waals surface area contributed by atoms with Crippen LogP contribution in [0.25, 0.3) is 123 Å². The summed E-state index contributed by atoms with van der Waals surface area (Å²) in [6.07, 6.45) is 0. The molecule has 0 bridgehead atoms. The summed E-state index contributed by atoms with van der Waals surface area (Å²) in [5.41, 5.74) is 16.6. The minimum Gasteiger partial charge on any atom is -0.309 e. The highest BCUT2D eigenvalue weighted by Gasteiger charge is 2.19. The number of nitrogens with zero attached hydrogens (tertiary/aromatic N) is 5. The van der Waals surface area contributed by atoms with Gasteiger partial charge in [-0.05, 0) is 100 Å². The van der Waals surface area contributed by atoms with Gasteiger partial charge in [0.15, 0.2) is 17.5 Å². The van der Waals surface area contributed by atoms with Crippen molar-refractivity contribution in [2.45, 2.75) is 0 Å². The average molecular weight is 868 g/mol. The Morgan fingerprint density at radius 3 is 0.985 bits per heavy atom. The lowest BCUT2D eigenvalue weighted by atomic mass is 9.98. The molecule has 0 saturated heterocycles. The van der Waals surface area contributed by atoms with Crippen molar-refractivity contribution in [1.82, 2.24) is 24.1 Å². The molecule has 0 spiro atoms. The Bertz CT molecular complexity index is 3870. The number of rotatable bonds is 8. The lowest BCUT2D eigenvalue weighted by molar-refractivity contribution is 1.07. The molecule has 13 rings (SSSR count). The van der Waals surface area contributed by atoms with Crippen molar-refractivity contribution in [3.63, 3.8) is 0 Å². The lowest BCUT2D eigenvalue weighted by Gasteiger charge is -2.14. The molecule has 3 heterocycles. The Kier molecular flexibility index (Phi) is 9.43. The number of hydrogen-bond acceptors (Lipinski definition) is 3. The predicted molar refractivity (Wildman–Crippen MR) is 281 cm³/mol. The molecule has 0 fully saturated rings. The average Bonchev–Trinajstić information content (AvgIpc) is 3.94. The fraction of sp³-hybridized carbons (Fsp3) is 0. The van der Waals surface area contributed by atoms with E-state index in [0.29, 0.717) is 17.5 Å². The number of aromatic nitrogens is 5. The van der Waals surface area contributed by atoms with Crippen LogP contribution in [0.4, 0.5) is 0 Å². The Hall–Kier alpha value is -9.19. The first kappa shape index (κ1) is 39.2. The molecule has 0 saturated carbocycles. The van der Waals surface area contributed by atoms with Crippen LogP contribution in [0.1, 0.15) is 0 Å². The molecular formula is C63H41N5. The van der Waals surface area contributed by atoms with Gasteiger partial charge >= 0.3 is 0 Å². The second-order valence-corrected chi connectivity index (χ2v) is 17.3. The van der Waals surface area contributed by atoms with Crippen molar-refractivity contribution in [1.29, 1.82) is 0 Å². The second kappa shape index (κ2) is 16.4. The van der Waals surface area contributed by atoms with Crippen molar-refractivity contribution in [2.24, 2.45) is 0 Å². The van der Waals surface area contributed by atoms with E-state index in [4.69, 9.17) is 15.0 Å². The van der Waals surface area contributed by atoms with Gasteiger partial charge in [0.2, 0.25) is 0 Å². The summed E-state index contributed by atoms with van der Waals surface area (Å²) in [5, 5.41) is 4.85. The summed E-state index contributed by atoms with van der Waals surface area (Å²) in [7, 11) is 0. The summed E-state index contributed by atoms with van der Waals surface area (Å²) in [6.45, 7) is 0. The van der Waals surface area contributed by atoms with Gasteiger partial charge in [0.1, 0.15) is 0 Å². The molecule has 10 aromatic carbocycles. The highest BCUT2D eigenvalue weighted by molar-refractivity contribution is 6.12. The number of benzene rings is 10. The summed E-state index contributed by atoms with van der Waals surface area (Å²) in [5.74, 6) is 1.92. The highest BCUT2D eigenvalue weighted by Crippen LogP contribution is 2.40. The summed E-state index contributed by atoms with van der Waals surface area (Å²) < 4.78 is 4.83. The minimum absolute atomic E-state index is 0.629. The third kappa shape index (κ3) is 6.84. The maximum absolute atomic E-state index is 5.00. The van der Waals surface area contributed by atoms with Crippen molar-refractivity contribution in [3.8, 4) is 78.9 Å². The molecule has 0 atom stereocenters. The third-order valence-corrected chi connectivity index (χ3v) is 13.2. The van der Waals surface area contributed by atoms with E-state index < -0.39 is 0 Å². The fourth-order valence-electron chi connectivity index (χ4n) is 9.89. The summed E-state index contributed by atoms with van der Waals surface area (Å²) >= 11 is 0. The Morgan fingerprint density at radius 2 is 0.544 bits per heavy atom. The van der Waals surface area contributed by atoms with Crippen molar-refractivity contribution in [3.05, 3.63) is 249 Å². The van der Waals surface area contributed by atoms with Crippen LogP contribution in [0, 0.1) is 0 Å². The normalized spacial score (nSPS) is 11.5. The van der Waals surface area contributed by atoms with Crippen LogP contribution < -0.4 is 0 Å². The van der Waals surface area contributed by atoms with Crippen LogP contribution in [0.2, 0.25) is 0 Å². The van der Waals surface area contributed by atoms with E-state index in [2.05, 4.69) is 197 Å². The zero-order valence-electron chi connectivity index (χ0n) is 36.9. The van der Waals surface area contributed by atoms with E-state index in [0.717, 1.165) is 55.7 Å². The first-order valence-electron chi connectivity index (χ1n) is 23.0. The van der Waals surface area contributed by atoms with Gasteiger partial charge in [-0.15, -0.1) is 0 Å². The van der Waals surface area contributed by atoms with Gasteiger partial charge in [-0.2, -0.15) is 0 Å². The zero-order valence-corrected chi connectivity index (χ0v) is 36.9. The van der Waals surface area contributed by atoms with E-state index in [1.165, 1.54) is 49.3 Å². The second-order valence-electron chi connectivity index (χ2n) is 17.3. The summed E-state index contributed by atoms with van der Waals surface area (Å²) in [4.78, 5) is 14.9. The standard InChI is InChI=1S/C63H41N5/c1-5-17-42(18-6-1)49-37-50(43-19-7-2-8-20-43)39-52(38-49)68-58-28-16-14-26-54(58)56-36-32-48(41-60(56)68)47-31-35-55-53-25-13-15-27-57(53)67(59(55)40-47)51-33-29-46(30-34-51)63-65-61(44-21-9-3-10-22-44)64-62(66-63)45-23-11-4-12-24-45/h1-41H. The largest absolute Gasteiger partial charge is 0.309 e. The molecule has 0 aliphatic heterocycles. The van der Waals surface area contributed by atoms with E-state index >= 15 is 0 Å². The number of fused-ring (bicyclic) bond motifs is 6. The van der Waals surface area contributed by atoms with Crippen LogP contribution in [0.15, 0.2) is 249 Å². The number of hydrogen-bond donors (Lipinski definition) is 0. The van der Waals surface area contributed by atoms with Crippen LogP contribution >= 0.6 is 0 Å². The lowest BCUT2D eigenvalue weighted by Crippen LogP contribution is -2.00. The molecule has 318 valence electrons. The Morgan fingerprint density at radius 1 is 0.206 bits per heavy atom. The van der Waals surface area contributed by atoms with Crippen LogP contribution in [-0.2, 0) is 0 Å². The molecule has 0 N–H and O–H groups in total. The Balaban J connectivity index is 0.947. The quantitative estimate of drug-likeness (QED) is 0.153. The van der Waals surface area contributed by atoms with Crippen LogP contribution in [-0.4, -0.2) is 24.1 Å². The molecule has 0 aliphatic carbocycles. The minimum atomic E-state index is 0.629. The van der Waals surface area contributed by atoms with Crippen LogP contribution in [0.5, 0.6) is 0 Å². The predicted octanol–water partition coefficient (Wildman–Crippen LogP) is 16.1. The SMILES string of the molecule is c1ccc(-c2cc(-c3ccccc3)cc(-n3c4ccccc4c4ccc(-c5ccc6c7ccccc7n(-c7ccc(-c8nc(-c9ccccc9)nc(-c9ccccc9)n8)cc7)c6c5)cc43)c2)cc1. The fourth-order valence-corrected chi connectivity index (χ4v) is 9.89. The maximum Gasteiger partial charge on any atom is 0.164 e. The van der Waals surface area contributed by atoms with Gasteiger partial charge in [0, 0.05) is 49.6 Å². The molecule has 0 unspecified atom stereocenters. The van der Waals surface area contributed by atoms with E-state index in [-0.39, 0.29) is 0 Å². The van der Waals surface area contributed by atoms with Crippen molar-refractivity contribution in [2.75, 3.05) is 0 Å². The number of para-hydroxylation sites is 2. The van der Waals surface area contributed by atoms with Gasteiger partial charge in [-0.3, -0.25) is 0 Å². The Labute approximate surface area is 393 Å². The first-order valence-corrected chi connectivity index (χ1v) is 23.0. The molecule has 13 aromatic rings. The monoisotopic (exact) mass is 867 g/mol. The van der Waals surface area contributed by atoms with E-state index in [1.807, 2.05) is 60.7 Å². The van der Waals surface area contributed by atoms with E-state index in [9.17, 15) is 0 Å². The van der Waals surface area contributed by atoms with Crippen molar-refractivity contribution >= 4 is 43.6 Å². The highest BCUT2D eigenvalue weighted by atomic mass is 15.0. The van der Waals surface area contributed by atoms with Gasteiger partial charge in [0.25, 0.3) is 0 Å². The van der Waals surface area contributed by atoms with Gasteiger partial charge in [-0.1, -0.05) is 182 Å². The molecule has 5 nitrogen and oxygen atoms in total. The molecular weight excluding hydrogens is 827 g/mol. The molecule has 0 amide bonds.